The van der Waals surface area contributed by atoms with Gasteiger partial charge in [0.2, 0.25) is 17.8 Å². The Bertz CT molecular complexity index is 579. The van der Waals surface area contributed by atoms with Gasteiger partial charge in [0.05, 0.1) is 6.04 Å². The number of nitrogens with one attached hydrogen (secondary N) is 1. The van der Waals surface area contributed by atoms with E-state index < -0.39 is 6.04 Å². The largest absolute Gasteiger partial charge is 0.354 e. The molecule has 1 atom stereocenters. The average Bonchev–Trinajstić information content (AvgIpc) is 2.61. The van der Waals surface area contributed by atoms with Crippen molar-refractivity contribution in [3.63, 3.8) is 0 Å². The molecule has 0 aromatic carbocycles. The van der Waals surface area contributed by atoms with Gasteiger partial charge in [0.1, 0.15) is 0 Å². The standard InChI is InChI=1S/C17H28N6O2/c1-17(2,3)14(18)15(25)19-8-5-13(24)22-9-11-23(12-10-22)16-20-6-4-7-21-16/h4,6-7,14H,5,8-12,18H2,1-3H3,(H,19,25)/t14-/m1/s1. The maximum Gasteiger partial charge on any atom is 0.237 e. The van der Waals surface area contributed by atoms with Gasteiger partial charge in [-0.05, 0) is 11.5 Å². The molecule has 138 valence electrons. The Labute approximate surface area is 148 Å². The van der Waals surface area contributed by atoms with Gasteiger partial charge in [0.25, 0.3) is 0 Å². The van der Waals surface area contributed by atoms with Gasteiger partial charge in [0, 0.05) is 51.5 Å². The molecule has 8 heteroatoms. The van der Waals surface area contributed by atoms with Crippen LogP contribution in [-0.4, -0.2) is 65.4 Å². The lowest BCUT2D eigenvalue weighted by Crippen LogP contribution is -2.51. The van der Waals surface area contributed by atoms with Gasteiger partial charge in [-0.25, -0.2) is 9.97 Å². The van der Waals surface area contributed by atoms with Crippen LogP contribution in [0.15, 0.2) is 18.5 Å². The molecule has 0 unspecified atom stereocenters. The van der Waals surface area contributed by atoms with Crippen LogP contribution in [0, 0.1) is 5.41 Å². The molecule has 2 rings (SSSR count). The fourth-order valence-corrected chi connectivity index (χ4v) is 2.56. The molecule has 1 aliphatic heterocycles. The predicted molar refractivity (Wildman–Crippen MR) is 95.9 cm³/mol. The number of nitrogens with two attached hydrogens (primary N) is 1. The summed E-state index contributed by atoms with van der Waals surface area (Å²) in [6.45, 7) is 8.73. The van der Waals surface area contributed by atoms with Crippen LogP contribution < -0.4 is 16.0 Å². The lowest BCUT2D eigenvalue weighted by atomic mass is 9.87. The molecule has 0 radical (unpaired) electrons. The SMILES string of the molecule is CC(C)(C)[C@H](N)C(=O)NCCC(=O)N1CCN(c2ncccn2)CC1. The molecule has 1 saturated heterocycles. The quantitative estimate of drug-likeness (QED) is 0.776. The van der Waals surface area contributed by atoms with E-state index in [1.807, 2.05) is 25.7 Å². The highest BCUT2D eigenvalue weighted by Gasteiger charge is 2.27. The van der Waals surface area contributed by atoms with E-state index in [9.17, 15) is 9.59 Å². The Kier molecular flexibility index (Phi) is 6.30. The maximum absolute atomic E-state index is 12.3. The van der Waals surface area contributed by atoms with Crippen LogP contribution in [0.1, 0.15) is 27.2 Å². The van der Waals surface area contributed by atoms with Crippen LogP contribution in [0.25, 0.3) is 0 Å². The summed E-state index contributed by atoms with van der Waals surface area (Å²) in [5, 5.41) is 2.75. The molecular formula is C17H28N6O2. The summed E-state index contributed by atoms with van der Waals surface area (Å²) < 4.78 is 0. The molecule has 1 aliphatic rings. The number of carbonyl (C=O) groups excluding carboxylic acids is 2. The summed E-state index contributed by atoms with van der Waals surface area (Å²) in [5.41, 5.74) is 5.60. The van der Waals surface area contributed by atoms with Crippen molar-refractivity contribution in [2.24, 2.45) is 11.1 Å². The second-order valence-electron chi connectivity index (χ2n) is 7.30. The molecule has 2 heterocycles. The first-order valence-electron chi connectivity index (χ1n) is 8.62. The Hall–Kier alpha value is -2.22. The first-order chi connectivity index (χ1) is 11.8. The van der Waals surface area contributed by atoms with Crippen molar-refractivity contribution in [1.29, 1.82) is 0 Å². The highest BCUT2D eigenvalue weighted by Crippen LogP contribution is 2.17. The van der Waals surface area contributed by atoms with Gasteiger partial charge < -0.3 is 20.9 Å². The van der Waals surface area contributed by atoms with Gasteiger partial charge in [-0.3, -0.25) is 9.59 Å². The number of amides is 2. The summed E-state index contributed by atoms with van der Waals surface area (Å²) >= 11 is 0. The zero-order valence-electron chi connectivity index (χ0n) is 15.2. The normalized spacial score (nSPS) is 16.5. The second-order valence-corrected chi connectivity index (χ2v) is 7.30. The summed E-state index contributed by atoms with van der Waals surface area (Å²) in [6, 6.07) is 1.19. The van der Waals surface area contributed by atoms with Crippen molar-refractivity contribution < 1.29 is 9.59 Å². The van der Waals surface area contributed by atoms with Crippen LogP contribution in [0.4, 0.5) is 5.95 Å². The molecule has 25 heavy (non-hydrogen) atoms. The zero-order valence-corrected chi connectivity index (χ0v) is 15.2. The Morgan fingerprint density at radius 3 is 2.36 bits per heavy atom. The van der Waals surface area contributed by atoms with Crippen LogP contribution in [0.3, 0.4) is 0 Å². The van der Waals surface area contributed by atoms with E-state index in [1.54, 1.807) is 18.5 Å². The molecule has 2 amide bonds. The fraction of sp³-hybridized carbons (Fsp3) is 0.647. The van der Waals surface area contributed by atoms with E-state index in [-0.39, 0.29) is 23.7 Å². The fourth-order valence-electron chi connectivity index (χ4n) is 2.56. The van der Waals surface area contributed by atoms with Crippen molar-refractivity contribution in [3.05, 3.63) is 18.5 Å². The smallest absolute Gasteiger partial charge is 0.237 e. The molecular weight excluding hydrogens is 320 g/mol. The molecule has 0 saturated carbocycles. The second kappa shape index (κ2) is 8.24. The lowest BCUT2D eigenvalue weighted by Gasteiger charge is -2.34. The molecule has 3 N–H and O–H groups in total. The van der Waals surface area contributed by atoms with Crippen molar-refractivity contribution in [3.8, 4) is 0 Å². The maximum atomic E-state index is 12.3. The van der Waals surface area contributed by atoms with E-state index in [4.69, 9.17) is 5.73 Å². The average molecular weight is 348 g/mol. The Morgan fingerprint density at radius 2 is 1.80 bits per heavy atom. The van der Waals surface area contributed by atoms with Crippen LogP contribution in [-0.2, 0) is 9.59 Å². The van der Waals surface area contributed by atoms with E-state index in [1.165, 1.54) is 0 Å². The van der Waals surface area contributed by atoms with Gasteiger partial charge in [-0.15, -0.1) is 0 Å². The number of carbonyl (C=O) groups is 2. The van der Waals surface area contributed by atoms with Crippen LogP contribution >= 0.6 is 0 Å². The molecule has 1 aromatic heterocycles. The lowest BCUT2D eigenvalue weighted by molar-refractivity contribution is -0.131. The van der Waals surface area contributed by atoms with Crippen molar-refractivity contribution >= 4 is 17.8 Å². The third-order valence-electron chi connectivity index (χ3n) is 4.32. The predicted octanol–water partition coefficient (Wildman–Crippen LogP) is 0.00490. The molecule has 0 aliphatic carbocycles. The minimum Gasteiger partial charge on any atom is -0.354 e. The van der Waals surface area contributed by atoms with Crippen LogP contribution in [0.2, 0.25) is 0 Å². The van der Waals surface area contributed by atoms with Crippen molar-refractivity contribution in [1.82, 2.24) is 20.2 Å². The number of hydrogen-bond acceptors (Lipinski definition) is 6. The van der Waals surface area contributed by atoms with Crippen molar-refractivity contribution in [2.45, 2.75) is 33.2 Å². The van der Waals surface area contributed by atoms with Gasteiger partial charge in [-0.1, -0.05) is 20.8 Å². The Balaban J connectivity index is 1.71. The molecule has 1 aromatic rings. The third-order valence-corrected chi connectivity index (χ3v) is 4.32. The summed E-state index contributed by atoms with van der Waals surface area (Å²) in [6.07, 6.45) is 3.71. The van der Waals surface area contributed by atoms with Gasteiger partial charge in [-0.2, -0.15) is 0 Å². The third kappa shape index (κ3) is 5.38. The molecule has 1 fully saturated rings. The van der Waals surface area contributed by atoms with Gasteiger partial charge >= 0.3 is 0 Å². The number of anilines is 1. The van der Waals surface area contributed by atoms with Gasteiger partial charge in [0.15, 0.2) is 0 Å². The minimum absolute atomic E-state index is 0.0401. The Morgan fingerprint density at radius 1 is 1.20 bits per heavy atom. The summed E-state index contributed by atoms with van der Waals surface area (Å²) in [5.74, 6) is 0.516. The van der Waals surface area contributed by atoms with E-state index in [0.717, 1.165) is 0 Å². The summed E-state index contributed by atoms with van der Waals surface area (Å²) in [4.78, 5) is 36.6. The first kappa shape index (κ1) is 19.1. The van der Waals surface area contributed by atoms with E-state index in [0.29, 0.717) is 38.7 Å². The monoisotopic (exact) mass is 348 g/mol. The summed E-state index contributed by atoms with van der Waals surface area (Å²) in [7, 11) is 0. The zero-order chi connectivity index (χ0) is 18.4. The van der Waals surface area contributed by atoms with Crippen LogP contribution in [0.5, 0.6) is 0 Å². The highest BCUT2D eigenvalue weighted by atomic mass is 16.2. The highest BCUT2D eigenvalue weighted by molar-refractivity contribution is 5.83. The minimum atomic E-state index is -0.586. The molecule has 8 nitrogen and oxygen atoms in total. The topological polar surface area (TPSA) is 104 Å². The van der Waals surface area contributed by atoms with Crippen molar-refractivity contribution in [2.75, 3.05) is 37.6 Å². The molecule has 0 bridgehead atoms. The number of rotatable bonds is 5. The number of piperazine rings is 1. The number of aromatic nitrogens is 2. The van der Waals surface area contributed by atoms with E-state index >= 15 is 0 Å². The van der Waals surface area contributed by atoms with E-state index in [2.05, 4.69) is 20.2 Å². The number of nitrogens with zero attached hydrogens (tertiary/aromatic N) is 4. The number of hydrogen-bond donors (Lipinski definition) is 2. The molecule has 0 spiro atoms. The first-order valence-corrected chi connectivity index (χ1v) is 8.62.